The molecule has 4 rings (SSSR count). The molecule has 6 nitrogen and oxygen atoms in total. The molecule has 3 N–H and O–H groups in total. The zero-order valence-corrected chi connectivity index (χ0v) is 16.2. The number of anilines is 1. The summed E-state index contributed by atoms with van der Waals surface area (Å²) in [6, 6.07) is 1.59. The molecule has 1 saturated heterocycles. The van der Waals surface area contributed by atoms with E-state index in [2.05, 4.69) is 6.92 Å². The monoisotopic (exact) mass is 387 g/mol. The maximum atomic E-state index is 15.1. The van der Waals surface area contributed by atoms with Gasteiger partial charge in [-0.15, -0.1) is 0 Å². The summed E-state index contributed by atoms with van der Waals surface area (Å²) in [7, 11) is 0. The average molecular weight is 387 g/mol. The predicted octanol–water partition coefficient (Wildman–Crippen LogP) is 2.89. The van der Waals surface area contributed by atoms with Crippen LogP contribution in [0.4, 0.5) is 10.1 Å². The number of pyridine rings is 2. The molecule has 2 aromatic rings. The minimum atomic E-state index is -1.28. The number of carboxylic acid groups (broad SMARTS) is 1. The molecule has 0 bridgehead atoms. The summed E-state index contributed by atoms with van der Waals surface area (Å²) >= 11 is 0. The van der Waals surface area contributed by atoms with Crippen LogP contribution in [-0.4, -0.2) is 34.6 Å². The van der Waals surface area contributed by atoms with Crippen molar-refractivity contribution in [2.75, 3.05) is 18.0 Å². The molecule has 3 heterocycles. The number of halogens is 1. The molecule has 1 aliphatic heterocycles. The Bertz CT molecular complexity index is 1010. The van der Waals surface area contributed by atoms with E-state index in [4.69, 9.17) is 5.73 Å². The second kappa shape index (κ2) is 6.88. The average Bonchev–Trinajstić information content (AvgIpc) is 3.39. The Labute approximate surface area is 162 Å². The van der Waals surface area contributed by atoms with Gasteiger partial charge in [-0.3, -0.25) is 9.20 Å². The number of nitrogens with two attached hydrogens (primary N) is 1. The number of carboxylic acids is 1. The fraction of sp³-hybridized carbons (Fsp3) is 0.524. The highest BCUT2D eigenvalue weighted by molar-refractivity contribution is 5.89. The summed E-state index contributed by atoms with van der Waals surface area (Å²) in [5.41, 5.74) is 7.89. The number of rotatable bonds is 5. The van der Waals surface area contributed by atoms with E-state index in [1.54, 1.807) is 0 Å². The van der Waals surface area contributed by atoms with Crippen LogP contribution in [-0.2, 0) is 0 Å². The Kier molecular flexibility index (Phi) is 4.65. The molecule has 1 unspecified atom stereocenters. The molecular weight excluding hydrogens is 361 g/mol. The maximum Gasteiger partial charge on any atom is 0.341 e. The van der Waals surface area contributed by atoms with Crippen molar-refractivity contribution in [1.82, 2.24) is 4.40 Å². The van der Waals surface area contributed by atoms with Gasteiger partial charge >= 0.3 is 5.97 Å². The largest absolute Gasteiger partial charge is 0.477 e. The molecule has 0 amide bonds. The lowest BCUT2D eigenvalue weighted by Gasteiger charge is -2.25. The number of hydrogen-bond donors (Lipinski definition) is 2. The molecule has 2 aliphatic rings. The Morgan fingerprint density at radius 1 is 1.39 bits per heavy atom. The van der Waals surface area contributed by atoms with Gasteiger partial charge in [0.2, 0.25) is 0 Å². The molecule has 7 heteroatoms. The number of aryl methyl sites for hydroxylation is 1. The second-order valence-electron chi connectivity index (χ2n) is 8.13. The SMILES string of the molecule is CC[C@H](N)C1CCN(c2c(F)cn3c(=O)c(C(=O)O)cc(C4CC4)c3c2C)C1. The fourth-order valence-electron chi connectivity index (χ4n) is 4.56. The van der Waals surface area contributed by atoms with Crippen molar-refractivity contribution in [3.63, 3.8) is 0 Å². The molecule has 0 spiro atoms. The first-order chi connectivity index (χ1) is 13.3. The maximum absolute atomic E-state index is 15.1. The zero-order chi connectivity index (χ0) is 20.2. The van der Waals surface area contributed by atoms with Gasteiger partial charge in [0.15, 0.2) is 5.82 Å². The first-order valence-electron chi connectivity index (χ1n) is 9.95. The molecular formula is C21H26FN3O3. The number of nitrogens with zero attached hydrogens (tertiary/aromatic N) is 2. The van der Waals surface area contributed by atoms with Crippen molar-refractivity contribution >= 4 is 17.2 Å². The number of carbonyl (C=O) groups is 1. The zero-order valence-electron chi connectivity index (χ0n) is 16.2. The molecule has 0 radical (unpaired) electrons. The van der Waals surface area contributed by atoms with E-state index in [0.717, 1.165) is 44.0 Å². The van der Waals surface area contributed by atoms with Crippen LogP contribution in [0.5, 0.6) is 0 Å². The first kappa shape index (κ1) is 18.9. The number of fused-ring (bicyclic) bond motifs is 1. The van der Waals surface area contributed by atoms with Gasteiger partial charge in [0.25, 0.3) is 5.56 Å². The van der Waals surface area contributed by atoms with Crippen LogP contribution in [0.15, 0.2) is 17.1 Å². The molecule has 2 fully saturated rings. The third kappa shape index (κ3) is 2.98. The molecule has 2 atom stereocenters. The quantitative estimate of drug-likeness (QED) is 0.824. The summed E-state index contributed by atoms with van der Waals surface area (Å²) in [4.78, 5) is 26.2. The standard InChI is InChI=1S/C21H26FN3O3/c1-3-17(23)13-6-7-24(9-13)19-11(2)18-14(12-4-5-12)8-15(21(27)28)20(26)25(18)10-16(19)22/h8,10,12-13,17H,3-7,9,23H2,1-2H3,(H,27,28)/t13?,17-/m0/s1. The minimum Gasteiger partial charge on any atom is -0.477 e. The fourth-order valence-corrected chi connectivity index (χ4v) is 4.56. The second-order valence-corrected chi connectivity index (χ2v) is 8.13. The van der Waals surface area contributed by atoms with Gasteiger partial charge in [-0.1, -0.05) is 6.92 Å². The summed E-state index contributed by atoms with van der Waals surface area (Å²) in [5.74, 6) is -1.23. The number of aromatic carboxylic acids is 1. The van der Waals surface area contributed by atoms with Crippen molar-refractivity contribution in [1.29, 1.82) is 0 Å². The van der Waals surface area contributed by atoms with Crippen molar-refractivity contribution in [2.24, 2.45) is 11.7 Å². The summed E-state index contributed by atoms with van der Waals surface area (Å²) < 4.78 is 16.3. The normalized spacial score (nSPS) is 20.7. The van der Waals surface area contributed by atoms with E-state index in [-0.39, 0.29) is 17.5 Å². The van der Waals surface area contributed by atoms with Crippen LogP contribution in [0.1, 0.15) is 60.0 Å². The number of hydrogen-bond acceptors (Lipinski definition) is 4. The van der Waals surface area contributed by atoms with Crippen LogP contribution in [0.25, 0.3) is 5.52 Å². The molecule has 150 valence electrons. The van der Waals surface area contributed by atoms with E-state index in [0.29, 0.717) is 29.2 Å². The molecule has 1 aliphatic carbocycles. The van der Waals surface area contributed by atoms with E-state index in [1.165, 1.54) is 10.5 Å². The van der Waals surface area contributed by atoms with Gasteiger partial charge < -0.3 is 15.7 Å². The highest BCUT2D eigenvalue weighted by Crippen LogP contribution is 2.44. The molecule has 28 heavy (non-hydrogen) atoms. The Morgan fingerprint density at radius 2 is 2.11 bits per heavy atom. The molecule has 0 aromatic carbocycles. The van der Waals surface area contributed by atoms with Gasteiger partial charge in [0.05, 0.1) is 17.4 Å². The smallest absolute Gasteiger partial charge is 0.341 e. The molecule has 2 aromatic heterocycles. The topological polar surface area (TPSA) is 88.0 Å². The van der Waals surface area contributed by atoms with Gasteiger partial charge in [0, 0.05) is 19.1 Å². The van der Waals surface area contributed by atoms with Crippen LogP contribution in [0.3, 0.4) is 0 Å². The van der Waals surface area contributed by atoms with Crippen molar-refractivity contribution in [3.05, 3.63) is 45.1 Å². The minimum absolute atomic E-state index is 0.0941. The van der Waals surface area contributed by atoms with E-state index < -0.39 is 17.3 Å². The van der Waals surface area contributed by atoms with E-state index >= 15 is 4.39 Å². The summed E-state index contributed by atoms with van der Waals surface area (Å²) in [5, 5.41) is 9.39. The third-order valence-electron chi connectivity index (χ3n) is 6.31. The van der Waals surface area contributed by atoms with Gasteiger partial charge in [-0.05, 0) is 61.6 Å². The van der Waals surface area contributed by atoms with Crippen molar-refractivity contribution in [2.45, 2.75) is 51.5 Å². The predicted molar refractivity (Wildman–Crippen MR) is 106 cm³/mol. The highest BCUT2D eigenvalue weighted by atomic mass is 19.1. The van der Waals surface area contributed by atoms with Gasteiger partial charge in [-0.2, -0.15) is 0 Å². The number of aromatic nitrogens is 1. The summed E-state index contributed by atoms with van der Waals surface area (Å²) in [6.07, 6.45) is 4.87. The summed E-state index contributed by atoms with van der Waals surface area (Å²) in [6.45, 7) is 5.30. The lowest BCUT2D eigenvalue weighted by molar-refractivity contribution is 0.0694. The van der Waals surface area contributed by atoms with E-state index in [1.807, 2.05) is 11.8 Å². The Balaban J connectivity index is 1.89. The van der Waals surface area contributed by atoms with Gasteiger partial charge in [0.1, 0.15) is 5.56 Å². The Hall–Kier alpha value is -2.41. The van der Waals surface area contributed by atoms with Crippen molar-refractivity contribution < 1.29 is 14.3 Å². The first-order valence-corrected chi connectivity index (χ1v) is 9.95. The molecule has 1 saturated carbocycles. The third-order valence-corrected chi connectivity index (χ3v) is 6.31. The van der Waals surface area contributed by atoms with Gasteiger partial charge in [-0.25, -0.2) is 9.18 Å². The van der Waals surface area contributed by atoms with Crippen LogP contribution >= 0.6 is 0 Å². The van der Waals surface area contributed by atoms with Crippen molar-refractivity contribution in [3.8, 4) is 0 Å². The lowest BCUT2D eigenvalue weighted by atomic mass is 9.98. The van der Waals surface area contributed by atoms with E-state index in [9.17, 15) is 14.7 Å². The van der Waals surface area contributed by atoms with Crippen LogP contribution < -0.4 is 16.2 Å². The van der Waals surface area contributed by atoms with Crippen LogP contribution in [0.2, 0.25) is 0 Å². The lowest BCUT2D eigenvalue weighted by Crippen LogP contribution is -2.32. The highest BCUT2D eigenvalue weighted by Gasteiger charge is 2.33. The Morgan fingerprint density at radius 3 is 2.71 bits per heavy atom. The van der Waals surface area contributed by atoms with Crippen LogP contribution in [0, 0.1) is 18.7 Å².